The lowest BCUT2D eigenvalue weighted by Crippen LogP contribution is -2.02. The number of hydrogen-bond acceptors (Lipinski definition) is 5. The molecule has 0 saturated heterocycles. The van der Waals surface area contributed by atoms with Gasteiger partial charge in [-0.15, -0.1) is 10.2 Å². The zero-order valence-electron chi connectivity index (χ0n) is 10.9. The number of rotatable bonds is 3. The van der Waals surface area contributed by atoms with Crippen LogP contribution in [-0.4, -0.2) is 19.8 Å². The molecule has 2 heterocycles. The maximum Gasteiger partial charge on any atom is 0.234 e. The van der Waals surface area contributed by atoms with E-state index in [0.717, 1.165) is 22.2 Å². The second kappa shape index (κ2) is 4.71. The molecule has 6 heteroatoms. The Bertz CT molecular complexity index is 728. The summed E-state index contributed by atoms with van der Waals surface area (Å²) in [6, 6.07) is 6.44. The van der Waals surface area contributed by atoms with Crippen LogP contribution in [0.15, 0.2) is 18.2 Å². The van der Waals surface area contributed by atoms with Gasteiger partial charge >= 0.3 is 0 Å². The normalized spacial score (nSPS) is 11.3. The molecule has 1 aromatic carbocycles. The molecule has 0 aliphatic heterocycles. The molecule has 0 radical (unpaired) electrons. The molecule has 0 atom stereocenters. The lowest BCUT2D eigenvalue weighted by molar-refractivity contribution is 0.819. The van der Waals surface area contributed by atoms with E-state index in [0.29, 0.717) is 6.54 Å². The van der Waals surface area contributed by atoms with E-state index in [1.54, 1.807) is 4.52 Å². The van der Waals surface area contributed by atoms with Crippen molar-refractivity contribution >= 4 is 16.3 Å². The molecule has 5 nitrogen and oxygen atoms in total. The van der Waals surface area contributed by atoms with Gasteiger partial charge in [0, 0.05) is 13.0 Å². The topological polar surface area (TPSA) is 69.1 Å². The highest BCUT2D eigenvalue weighted by Crippen LogP contribution is 2.18. The number of nitrogens with zero attached hydrogens (tertiary/aromatic N) is 4. The van der Waals surface area contributed by atoms with E-state index in [2.05, 4.69) is 47.3 Å². The first-order valence-electron chi connectivity index (χ1n) is 6.13. The van der Waals surface area contributed by atoms with E-state index in [1.165, 1.54) is 28.0 Å². The minimum atomic E-state index is 0.441. The van der Waals surface area contributed by atoms with Gasteiger partial charge in [0.1, 0.15) is 5.01 Å². The monoisotopic (exact) mass is 273 g/mol. The van der Waals surface area contributed by atoms with Crippen LogP contribution in [0.5, 0.6) is 0 Å². The highest BCUT2D eigenvalue weighted by Gasteiger charge is 2.12. The Labute approximate surface area is 115 Å². The third kappa shape index (κ3) is 2.24. The van der Waals surface area contributed by atoms with Gasteiger partial charge in [-0.3, -0.25) is 0 Å². The van der Waals surface area contributed by atoms with Crippen LogP contribution in [0.25, 0.3) is 4.96 Å². The molecular weight excluding hydrogens is 258 g/mol. The predicted molar refractivity (Wildman–Crippen MR) is 75.3 cm³/mol. The van der Waals surface area contributed by atoms with Crippen molar-refractivity contribution in [3.8, 4) is 0 Å². The Hall–Kier alpha value is -1.79. The van der Waals surface area contributed by atoms with Crippen LogP contribution in [0.4, 0.5) is 0 Å². The van der Waals surface area contributed by atoms with E-state index in [4.69, 9.17) is 5.73 Å². The predicted octanol–water partition coefficient (Wildman–Crippen LogP) is 1.85. The van der Waals surface area contributed by atoms with Gasteiger partial charge in [0.2, 0.25) is 4.96 Å². The van der Waals surface area contributed by atoms with E-state index in [9.17, 15) is 0 Å². The minimum absolute atomic E-state index is 0.441. The van der Waals surface area contributed by atoms with Crippen LogP contribution >= 0.6 is 11.3 Å². The van der Waals surface area contributed by atoms with Crippen LogP contribution in [0, 0.1) is 13.8 Å². The summed E-state index contributed by atoms with van der Waals surface area (Å²) in [6.45, 7) is 4.65. The summed E-state index contributed by atoms with van der Waals surface area (Å²) in [5, 5.41) is 13.7. The Morgan fingerprint density at radius 1 is 1.26 bits per heavy atom. The van der Waals surface area contributed by atoms with Gasteiger partial charge < -0.3 is 5.73 Å². The molecule has 0 fully saturated rings. The first-order chi connectivity index (χ1) is 9.17. The number of aromatic nitrogens is 4. The fourth-order valence-corrected chi connectivity index (χ4v) is 2.78. The Kier molecular flexibility index (Phi) is 3.04. The van der Waals surface area contributed by atoms with Crippen LogP contribution < -0.4 is 5.73 Å². The molecule has 98 valence electrons. The smallest absolute Gasteiger partial charge is 0.234 e. The molecule has 2 aromatic heterocycles. The fourth-order valence-electron chi connectivity index (χ4n) is 2.05. The van der Waals surface area contributed by atoms with Crippen LogP contribution in [-0.2, 0) is 13.0 Å². The third-order valence-electron chi connectivity index (χ3n) is 3.13. The molecule has 0 aliphatic rings. The van der Waals surface area contributed by atoms with E-state index < -0.39 is 0 Å². The Balaban J connectivity index is 2.00. The average Bonchev–Trinajstić information content (AvgIpc) is 2.95. The highest BCUT2D eigenvalue weighted by atomic mass is 32.1. The van der Waals surface area contributed by atoms with Gasteiger partial charge in [-0.25, -0.2) is 0 Å². The highest BCUT2D eigenvalue weighted by molar-refractivity contribution is 7.16. The van der Waals surface area contributed by atoms with Crippen molar-refractivity contribution in [1.29, 1.82) is 0 Å². The number of nitrogens with two attached hydrogens (primary N) is 1. The van der Waals surface area contributed by atoms with Crippen molar-refractivity contribution < 1.29 is 0 Å². The molecule has 0 spiro atoms. The van der Waals surface area contributed by atoms with E-state index in [-0.39, 0.29) is 0 Å². The van der Waals surface area contributed by atoms with Crippen molar-refractivity contribution in [1.82, 2.24) is 19.8 Å². The fraction of sp³-hybridized carbons (Fsp3) is 0.308. The molecule has 0 unspecified atom stereocenters. The maximum absolute atomic E-state index is 5.61. The lowest BCUT2D eigenvalue weighted by Gasteiger charge is -2.05. The number of aryl methyl sites for hydroxylation is 2. The first kappa shape index (κ1) is 12.3. The number of benzene rings is 1. The summed E-state index contributed by atoms with van der Waals surface area (Å²) >= 11 is 1.49. The summed E-state index contributed by atoms with van der Waals surface area (Å²) in [5.41, 5.74) is 9.38. The van der Waals surface area contributed by atoms with Crippen molar-refractivity contribution in [3.05, 3.63) is 45.7 Å². The molecule has 3 rings (SSSR count). The van der Waals surface area contributed by atoms with Gasteiger partial charge in [0.05, 0.1) is 0 Å². The molecule has 3 aromatic rings. The quantitative estimate of drug-likeness (QED) is 0.790. The summed E-state index contributed by atoms with van der Waals surface area (Å²) in [4.78, 5) is 0.806. The van der Waals surface area contributed by atoms with Crippen LogP contribution in [0.2, 0.25) is 0 Å². The summed E-state index contributed by atoms with van der Waals surface area (Å²) < 4.78 is 1.80. The van der Waals surface area contributed by atoms with Crippen LogP contribution in [0.1, 0.15) is 27.5 Å². The van der Waals surface area contributed by atoms with Crippen LogP contribution in [0.3, 0.4) is 0 Å². The van der Waals surface area contributed by atoms with Gasteiger partial charge in [-0.05, 0) is 25.0 Å². The largest absolute Gasteiger partial charge is 0.324 e. The molecule has 2 N–H and O–H groups in total. The summed E-state index contributed by atoms with van der Waals surface area (Å²) in [6.07, 6.45) is 0.739. The zero-order chi connectivity index (χ0) is 13.4. The first-order valence-corrected chi connectivity index (χ1v) is 6.95. The Morgan fingerprint density at radius 3 is 2.89 bits per heavy atom. The molecule has 19 heavy (non-hydrogen) atoms. The van der Waals surface area contributed by atoms with Gasteiger partial charge in [-0.1, -0.05) is 35.1 Å². The molecular formula is C13H15N5S. The second-order valence-electron chi connectivity index (χ2n) is 4.62. The van der Waals surface area contributed by atoms with Crippen molar-refractivity contribution in [2.45, 2.75) is 26.8 Å². The molecule has 0 aliphatic carbocycles. The SMILES string of the molecule is Cc1ccc(C)c(Cc2nnc3sc(CN)nn23)c1. The third-order valence-corrected chi connectivity index (χ3v) is 4.05. The maximum atomic E-state index is 5.61. The second-order valence-corrected chi connectivity index (χ2v) is 5.66. The molecule has 0 bridgehead atoms. The van der Waals surface area contributed by atoms with Gasteiger partial charge in [0.25, 0.3) is 0 Å². The van der Waals surface area contributed by atoms with Gasteiger partial charge in [-0.2, -0.15) is 9.61 Å². The summed E-state index contributed by atoms with van der Waals surface area (Å²) in [7, 11) is 0. The molecule has 0 saturated carbocycles. The van der Waals surface area contributed by atoms with E-state index >= 15 is 0 Å². The number of fused-ring (bicyclic) bond motifs is 1. The Morgan fingerprint density at radius 2 is 2.11 bits per heavy atom. The zero-order valence-corrected chi connectivity index (χ0v) is 11.7. The lowest BCUT2D eigenvalue weighted by atomic mass is 10.0. The standard InChI is InChI=1S/C13H15N5S/c1-8-3-4-9(2)10(5-8)6-11-15-16-13-18(11)17-12(7-14)19-13/h3-5H,6-7,14H2,1-2H3. The molecule has 0 amide bonds. The number of hydrogen-bond donors (Lipinski definition) is 1. The van der Waals surface area contributed by atoms with E-state index in [1.807, 2.05) is 0 Å². The van der Waals surface area contributed by atoms with Crippen molar-refractivity contribution in [3.63, 3.8) is 0 Å². The summed E-state index contributed by atoms with van der Waals surface area (Å²) in [5.74, 6) is 0.861. The van der Waals surface area contributed by atoms with Crippen molar-refractivity contribution in [2.75, 3.05) is 0 Å². The van der Waals surface area contributed by atoms with Crippen molar-refractivity contribution in [2.24, 2.45) is 5.73 Å². The van der Waals surface area contributed by atoms with Gasteiger partial charge in [0.15, 0.2) is 5.82 Å². The average molecular weight is 273 g/mol. The minimum Gasteiger partial charge on any atom is -0.324 e.